The van der Waals surface area contributed by atoms with Crippen LogP contribution in [0.15, 0.2) is 0 Å². The van der Waals surface area contributed by atoms with Crippen molar-refractivity contribution in [3.8, 4) is 0 Å². The summed E-state index contributed by atoms with van der Waals surface area (Å²) in [7, 11) is 0. The van der Waals surface area contributed by atoms with Gasteiger partial charge in [-0.1, -0.05) is 27.7 Å². The van der Waals surface area contributed by atoms with Crippen LogP contribution < -0.4 is 5.32 Å². The largest absolute Gasteiger partial charge is 0.395 e. The van der Waals surface area contributed by atoms with Crippen molar-refractivity contribution in [1.82, 2.24) is 5.32 Å². The summed E-state index contributed by atoms with van der Waals surface area (Å²) in [4.78, 5) is 0. The molecule has 2 bridgehead atoms. The molecular formula is C14H27NO. The van der Waals surface area contributed by atoms with Gasteiger partial charge in [-0.15, -0.1) is 0 Å². The average molecular weight is 225 g/mol. The minimum Gasteiger partial charge on any atom is -0.395 e. The van der Waals surface area contributed by atoms with Crippen LogP contribution in [0.4, 0.5) is 0 Å². The third-order valence-electron chi connectivity index (χ3n) is 5.94. The van der Waals surface area contributed by atoms with Gasteiger partial charge in [0.05, 0.1) is 6.61 Å². The van der Waals surface area contributed by atoms with Gasteiger partial charge in [0.2, 0.25) is 0 Å². The molecule has 0 saturated heterocycles. The van der Waals surface area contributed by atoms with Gasteiger partial charge in [0.25, 0.3) is 0 Å². The molecule has 94 valence electrons. The quantitative estimate of drug-likeness (QED) is 0.770. The third kappa shape index (κ3) is 1.53. The molecule has 2 rings (SSSR count). The van der Waals surface area contributed by atoms with Crippen LogP contribution in [0.5, 0.6) is 0 Å². The second kappa shape index (κ2) is 3.99. The number of nitrogens with one attached hydrogen (secondary N) is 1. The van der Waals surface area contributed by atoms with Crippen LogP contribution >= 0.6 is 0 Å². The molecule has 2 fully saturated rings. The van der Waals surface area contributed by atoms with Gasteiger partial charge in [-0.25, -0.2) is 0 Å². The van der Waals surface area contributed by atoms with Gasteiger partial charge in [0, 0.05) is 12.1 Å². The van der Waals surface area contributed by atoms with Crippen LogP contribution in [-0.2, 0) is 0 Å². The topological polar surface area (TPSA) is 32.3 Å². The van der Waals surface area contributed by atoms with E-state index in [9.17, 15) is 5.11 Å². The zero-order valence-electron chi connectivity index (χ0n) is 11.2. The zero-order valence-corrected chi connectivity index (χ0v) is 11.2. The van der Waals surface area contributed by atoms with Gasteiger partial charge < -0.3 is 10.4 Å². The van der Waals surface area contributed by atoms with Crippen molar-refractivity contribution in [3.63, 3.8) is 0 Å². The highest BCUT2D eigenvalue weighted by atomic mass is 16.3. The van der Waals surface area contributed by atoms with Crippen molar-refractivity contribution in [2.24, 2.45) is 16.7 Å². The first-order valence-corrected chi connectivity index (χ1v) is 6.82. The molecule has 0 heterocycles. The Labute approximate surface area is 99.8 Å². The highest BCUT2D eigenvalue weighted by molar-refractivity contribution is 5.13. The van der Waals surface area contributed by atoms with Crippen molar-refractivity contribution in [1.29, 1.82) is 0 Å². The molecule has 2 saturated carbocycles. The molecule has 2 nitrogen and oxygen atoms in total. The standard InChI is InChI=1S/C14H27NO/c1-5-11(9-16)15-12-8-10-6-7-14(12,4)13(10,2)3/h10-12,15-16H,5-9H2,1-4H3/t10?,11-,12?,14?/m1/s1. The van der Waals surface area contributed by atoms with Gasteiger partial charge in [0.15, 0.2) is 0 Å². The van der Waals surface area contributed by atoms with Crippen LogP contribution in [0.2, 0.25) is 0 Å². The lowest BCUT2D eigenvalue weighted by Crippen LogP contribution is -2.49. The van der Waals surface area contributed by atoms with Gasteiger partial charge in [-0.05, 0) is 42.4 Å². The fourth-order valence-electron chi connectivity index (χ4n) is 4.04. The third-order valence-corrected chi connectivity index (χ3v) is 5.94. The molecule has 3 unspecified atom stereocenters. The summed E-state index contributed by atoms with van der Waals surface area (Å²) in [6.07, 6.45) is 5.08. The second-order valence-corrected chi connectivity index (χ2v) is 6.62. The predicted molar refractivity (Wildman–Crippen MR) is 67.3 cm³/mol. The maximum Gasteiger partial charge on any atom is 0.0584 e. The summed E-state index contributed by atoms with van der Waals surface area (Å²) >= 11 is 0. The molecule has 16 heavy (non-hydrogen) atoms. The number of hydrogen-bond acceptors (Lipinski definition) is 2. The molecule has 2 N–H and O–H groups in total. The van der Waals surface area contributed by atoms with E-state index >= 15 is 0 Å². The van der Waals surface area contributed by atoms with Gasteiger partial charge in [-0.3, -0.25) is 0 Å². The summed E-state index contributed by atoms with van der Waals surface area (Å²) in [6.45, 7) is 9.74. The van der Waals surface area contributed by atoms with Crippen molar-refractivity contribution in [3.05, 3.63) is 0 Å². The van der Waals surface area contributed by atoms with Gasteiger partial charge in [-0.2, -0.15) is 0 Å². The lowest BCUT2D eigenvalue weighted by Gasteiger charge is -2.41. The fourth-order valence-corrected chi connectivity index (χ4v) is 4.04. The van der Waals surface area contributed by atoms with E-state index in [0.717, 1.165) is 12.3 Å². The van der Waals surface area contributed by atoms with Gasteiger partial charge in [0.1, 0.15) is 0 Å². The molecule has 0 radical (unpaired) electrons. The molecule has 2 heteroatoms. The van der Waals surface area contributed by atoms with Gasteiger partial charge >= 0.3 is 0 Å². The Morgan fingerprint density at radius 3 is 2.44 bits per heavy atom. The van der Waals surface area contributed by atoms with E-state index in [2.05, 4.69) is 33.0 Å². The second-order valence-electron chi connectivity index (χ2n) is 6.62. The molecule has 0 spiro atoms. The summed E-state index contributed by atoms with van der Waals surface area (Å²) < 4.78 is 0. The minimum atomic E-state index is 0.272. The molecule has 0 amide bonds. The Bertz CT molecular complexity index is 259. The van der Waals surface area contributed by atoms with E-state index in [-0.39, 0.29) is 12.6 Å². The van der Waals surface area contributed by atoms with Crippen LogP contribution in [0.3, 0.4) is 0 Å². The number of aliphatic hydroxyl groups excluding tert-OH is 1. The van der Waals surface area contributed by atoms with E-state index in [4.69, 9.17) is 0 Å². The fraction of sp³-hybridized carbons (Fsp3) is 1.00. The average Bonchev–Trinajstić information content (AvgIpc) is 2.58. The summed E-state index contributed by atoms with van der Waals surface area (Å²) in [5.74, 6) is 0.881. The normalized spacial score (nSPS) is 42.6. The van der Waals surface area contributed by atoms with Crippen molar-refractivity contribution < 1.29 is 5.11 Å². The Kier molecular flexibility index (Phi) is 3.09. The summed E-state index contributed by atoms with van der Waals surface area (Å²) in [5, 5.41) is 13.0. The maximum absolute atomic E-state index is 9.31. The highest BCUT2D eigenvalue weighted by Gasteiger charge is 2.61. The smallest absolute Gasteiger partial charge is 0.0584 e. The Hall–Kier alpha value is -0.0800. The molecule has 0 aromatic carbocycles. The number of rotatable bonds is 4. The zero-order chi connectivity index (χ0) is 12.0. The van der Waals surface area contributed by atoms with Crippen LogP contribution in [0.25, 0.3) is 0 Å². The summed E-state index contributed by atoms with van der Waals surface area (Å²) in [5.41, 5.74) is 0.901. The van der Waals surface area contributed by atoms with Crippen molar-refractivity contribution in [2.45, 2.75) is 65.5 Å². The van der Waals surface area contributed by atoms with E-state index in [0.29, 0.717) is 16.9 Å². The summed E-state index contributed by atoms with van der Waals surface area (Å²) in [6, 6.07) is 0.898. The molecule has 0 aromatic heterocycles. The van der Waals surface area contributed by atoms with Crippen molar-refractivity contribution >= 4 is 0 Å². The van der Waals surface area contributed by atoms with Crippen LogP contribution in [-0.4, -0.2) is 23.8 Å². The molecule has 2 aliphatic carbocycles. The van der Waals surface area contributed by atoms with Crippen molar-refractivity contribution in [2.75, 3.05) is 6.61 Å². The highest BCUT2D eigenvalue weighted by Crippen LogP contribution is 2.65. The first kappa shape index (κ1) is 12.4. The lowest BCUT2D eigenvalue weighted by atomic mass is 9.69. The Morgan fingerprint density at radius 2 is 2.06 bits per heavy atom. The number of aliphatic hydroxyl groups is 1. The molecule has 2 aliphatic rings. The lowest BCUT2D eigenvalue weighted by molar-refractivity contribution is 0.106. The van der Waals surface area contributed by atoms with Crippen LogP contribution in [0.1, 0.15) is 53.4 Å². The monoisotopic (exact) mass is 225 g/mol. The number of fused-ring (bicyclic) bond motifs is 2. The predicted octanol–water partition coefficient (Wildman–Crippen LogP) is 2.56. The SMILES string of the molecule is CC[C@H](CO)NC1CC2CCC1(C)C2(C)C. The van der Waals surface area contributed by atoms with Crippen LogP contribution in [0, 0.1) is 16.7 Å². The van der Waals surface area contributed by atoms with E-state index in [1.54, 1.807) is 0 Å². The van der Waals surface area contributed by atoms with E-state index in [1.807, 2.05) is 0 Å². The molecule has 4 atom stereocenters. The first-order valence-electron chi connectivity index (χ1n) is 6.82. The van der Waals surface area contributed by atoms with E-state index < -0.39 is 0 Å². The minimum absolute atomic E-state index is 0.272. The molecular weight excluding hydrogens is 198 g/mol. The number of hydrogen-bond donors (Lipinski definition) is 2. The Morgan fingerprint density at radius 1 is 1.38 bits per heavy atom. The molecule has 0 aliphatic heterocycles. The maximum atomic E-state index is 9.31. The molecule has 0 aromatic rings. The van der Waals surface area contributed by atoms with E-state index in [1.165, 1.54) is 19.3 Å². The Balaban J connectivity index is 2.09. The first-order chi connectivity index (χ1) is 7.45.